The maximum atomic E-state index is 12.2. The molecule has 1 aromatic carbocycles. The van der Waals surface area contributed by atoms with Gasteiger partial charge >= 0.3 is 5.97 Å². The molecular formula is C18H23N3O3. The van der Waals surface area contributed by atoms with E-state index < -0.39 is 12.1 Å². The number of ether oxygens (including phenoxy) is 1. The lowest BCUT2D eigenvalue weighted by atomic mass is 10.1. The lowest BCUT2D eigenvalue weighted by Gasteiger charge is -2.17. The van der Waals surface area contributed by atoms with E-state index in [1.165, 1.54) is 4.90 Å². The highest BCUT2D eigenvalue weighted by atomic mass is 16.5. The summed E-state index contributed by atoms with van der Waals surface area (Å²) in [5.74, 6) is -0.673. The van der Waals surface area contributed by atoms with Crippen LogP contribution in [0.3, 0.4) is 0 Å². The van der Waals surface area contributed by atoms with Crippen molar-refractivity contribution in [3.05, 3.63) is 47.3 Å². The Morgan fingerprint density at radius 1 is 1.21 bits per heavy atom. The lowest BCUT2D eigenvalue weighted by molar-refractivity contribution is -0.157. The Bertz CT molecular complexity index is 735. The molecule has 0 radical (unpaired) electrons. The summed E-state index contributed by atoms with van der Waals surface area (Å²) in [6, 6.07) is 9.73. The number of rotatable bonds is 5. The molecule has 24 heavy (non-hydrogen) atoms. The van der Waals surface area contributed by atoms with Crippen molar-refractivity contribution in [3.63, 3.8) is 0 Å². The monoisotopic (exact) mass is 329 g/mol. The van der Waals surface area contributed by atoms with Gasteiger partial charge in [-0.25, -0.2) is 4.68 Å². The van der Waals surface area contributed by atoms with Gasteiger partial charge in [0.05, 0.1) is 17.8 Å². The van der Waals surface area contributed by atoms with Crippen molar-refractivity contribution in [1.29, 1.82) is 0 Å². The van der Waals surface area contributed by atoms with Crippen molar-refractivity contribution in [2.24, 2.45) is 0 Å². The number of benzene rings is 1. The molecule has 1 heterocycles. The Morgan fingerprint density at radius 2 is 1.83 bits per heavy atom. The van der Waals surface area contributed by atoms with Gasteiger partial charge < -0.3 is 9.64 Å². The predicted molar refractivity (Wildman–Crippen MR) is 91.0 cm³/mol. The second-order valence-electron chi connectivity index (χ2n) is 5.94. The number of carbonyl (C=O) groups excluding carboxylic acids is 2. The standard InChI is InChI=1S/C18H23N3O3/c1-12-16(11-17(22)24-14(3)18(23)20(4)5)13(2)21(19-12)15-9-7-6-8-10-15/h6-10,14H,11H2,1-5H3/t14-/m1/s1. The number of amides is 1. The van der Waals surface area contributed by atoms with Gasteiger partial charge in [-0.05, 0) is 32.9 Å². The minimum Gasteiger partial charge on any atom is -0.452 e. The largest absolute Gasteiger partial charge is 0.452 e. The third-order valence-corrected chi connectivity index (χ3v) is 3.86. The number of esters is 1. The van der Waals surface area contributed by atoms with Gasteiger partial charge in [0, 0.05) is 25.4 Å². The summed E-state index contributed by atoms with van der Waals surface area (Å²) < 4.78 is 7.05. The highest BCUT2D eigenvalue weighted by Crippen LogP contribution is 2.19. The normalized spacial score (nSPS) is 11.9. The number of carbonyl (C=O) groups is 2. The third-order valence-electron chi connectivity index (χ3n) is 3.86. The van der Waals surface area contributed by atoms with Crippen LogP contribution in [-0.2, 0) is 20.7 Å². The van der Waals surface area contributed by atoms with E-state index in [0.717, 1.165) is 22.6 Å². The van der Waals surface area contributed by atoms with E-state index in [9.17, 15) is 9.59 Å². The molecule has 6 heteroatoms. The minimum atomic E-state index is -0.794. The molecular weight excluding hydrogens is 306 g/mol. The first-order valence-corrected chi connectivity index (χ1v) is 7.82. The molecule has 0 saturated heterocycles. The molecule has 0 bridgehead atoms. The van der Waals surface area contributed by atoms with E-state index >= 15 is 0 Å². The fourth-order valence-electron chi connectivity index (χ4n) is 2.55. The van der Waals surface area contributed by atoms with E-state index in [1.54, 1.807) is 21.0 Å². The van der Waals surface area contributed by atoms with E-state index in [1.807, 2.05) is 48.9 Å². The molecule has 2 rings (SSSR count). The molecule has 128 valence electrons. The van der Waals surface area contributed by atoms with Crippen LogP contribution in [0.1, 0.15) is 23.9 Å². The third kappa shape index (κ3) is 3.82. The van der Waals surface area contributed by atoms with Crippen LogP contribution in [0.15, 0.2) is 30.3 Å². The van der Waals surface area contributed by atoms with Gasteiger partial charge in [-0.15, -0.1) is 0 Å². The van der Waals surface area contributed by atoms with Crippen molar-refractivity contribution in [3.8, 4) is 5.69 Å². The van der Waals surface area contributed by atoms with E-state index in [4.69, 9.17) is 4.74 Å². The molecule has 1 aromatic heterocycles. The number of hydrogen-bond donors (Lipinski definition) is 0. The molecule has 0 aliphatic carbocycles. The van der Waals surface area contributed by atoms with Crippen LogP contribution >= 0.6 is 0 Å². The highest BCUT2D eigenvalue weighted by Gasteiger charge is 2.22. The summed E-state index contributed by atoms with van der Waals surface area (Å²) in [7, 11) is 3.26. The summed E-state index contributed by atoms with van der Waals surface area (Å²) >= 11 is 0. The smallest absolute Gasteiger partial charge is 0.311 e. The topological polar surface area (TPSA) is 64.4 Å². The van der Waals surface area contributed by atoms with E-state index in [-0.39, 0.29) is 12.3 Å². The Kier molecular flexibility index (Phi) is 5.39. The SMILES string of the molecule is Cc1nn(-c2ccccc2)c(C)c1CC(=O)O[C@H](C)C(=O)N(C)C. The summed E-state index contributed by atoms with van der Waals surface area (Å²) in [5, 5.41) is 4.51. The van der Waals surface area contributed by atoms with Crippen LogP contribution in [0.4, 0.5) is 0 Å². The maximum absolute atomic E-state index is 12.2. The summed E-state index contributed by atoms with van der Waals surface area (Å²) in [6.07, 6.45) is -0.701. The number of para-hydroxylation sites is 1. The molecule has 0 saturated carbocycles. The van der Waals surface area contributed by atoms with Crippen molar-refractivity contribution in [2.75, 3.05) is 14.1 Å². The molecule has 1 atom stereocenters. The van der Waals surface area contributed by atoms with Crippen molar-refractivity contribution in [1.82, 2.24) is 14.7 Å². The van der Waals surface area contributed by atoms with Gasteiger partial charge in [-0.2, -0.15) is 5.10 Å². The molecule has 0 unspecified atom stereocenters. The predicted octanol–water partition coefficient (Wildman–Crippen LogP) is 2.05. The Labute approximate surface area is 142 Å². The first kappa shape index (κ1) is 17.7. The van der Waals surface area contributed by atoms with Gasteiger partial charge in [0.25, 0.3) is 5.91 Å². The van der Waals surface area contributed by atoms with Crippen molar-refractivity contribution in [2.45, 2.75) is 33.3 Å². The van der Waals surface area contributed by atoms with Gasteiger partial charge in [-0.3, -0.25) is 9.59 Å². The fourth-order valence-corrected chi connectivity index (χ4v) is 2.55. The number of likely N-dealkylation sites (N-methyl/N-ethyl adjacent to an activating group) is 1. The van der Waals surface area contributed by atoms with E-state index in [2.05, 4.69) is 5.10 Å². The Balaban J connectivity index is 2.15. The summed E-state index contributed by atoms with van der Waals surface area (Å²) in [6.45, 7) is 5.36. The molecule has 0 aliphatic heterocycles. The summed E-state index contributed by atoms with van der Waals surface area (Å²) in [4.78, 5) is 25.4. The molecule has 0 spiro atoms. The van der Waals surface area contributed by atoms with Crippen LogP contribution in [0.5, 0.6) is 0 Å². The number of aryl methyl sites for hydroxylation is 1. The summed E-state index contributed by atoms with van der Waals surface area (Å²) in [5.41, 5.74) is 3.43. The van der Waals surface area contributed by atoms with Gasteiger partial charge in [0.1, 0.15) is 0 Å². The number of aromatic nitrogens is 2. The van der Waals surface area contributed by atoms with Crippen molar-refractivity contribution < 1.29 is 14.3 Å². The molecule has 0 fully saturated rings. The van der Waals surface area contributed by atoms with Crippen LogP contribution in [0.25, 0.3) is 5.69 Å². The molecule has 0 aliphatic rings. The average molecular weight is 329 g/mol. The second-order valence-corrected chi connectivity index (χ2v) is 5.94. The average Bonchev–Trinajstić information content (AvgIpc) is 2.82. The lowest BCUT2D eigenvalue weighted by Crippen LogP contribution is -2.35. The Hall–Kier alpha value is -2.63. The first-order valence-electron chi connectivity index (χ1n) is 7.82. The zero-order chi connectivity index (χ0) is 17.9. The Morgan fingerprint density at radius 3 is 2.42 bits per heavy atom. The van der Waals surface area contributed by atoms with Gasteiger partial charge in [0.15, 0.2) is 6.10 Å². The maximum Gasteiger partial charge on any atom is 0.311 e. The second kappa shape index (κ2) is 7.29. The molecule has 0 N–H and O–H groups in total. The molecule has 6 nitrogen and oxygen atoms in total. The first-order chi connectivity index (χ1) is 11.3. The quantitative estimate of drug-likeness (QED) is 0.788. The minimum absolute atomic E-state index is 0.0928. The van der Waals surface area contributed by atoms with Crippen LogP contribution in [-0.4, -0.2) is 46.8 Å². The van der Waals surface area contributed by atoms with Crippen molar-refractivity contribution >= 4 is 11.9 Å². The zero-order valence-electron chi connectivity index (χ0n) is 14.7. The van der Waals surface area contributed by atoms with Gasteiger partial charge in [0.2, 0.25) is 0 Å². The zero-order valence-corrected chi connectivity index (χ0v) is 14.7. The van der Waals surface area contributed by atoms with Crippen LogP contribution in [0, 0.1) is 13.8 Å². The van der Waals surface area contributed by atoms with E-state index in [0.29, 0.717) is 0 Å². The molecule has 1 amide bonds. The number of hydrogen-bond acceptors (Lipinski definition) is 4. The highest BCUT2D eigenvalue weighted by molar-refractivity contribution is 5.83. The number of nitrogens with zero attached hydrogens (tertiary/aromatic N) is 3. The molecule has 2 aromatic rings. The van der Waals surface area contributed by atoms with Crippen LogP contribution in [0.2, 0.25) is 0 Å². The fraction of sp³-hybridized carbons (Fsp3) is 0.389. The van der Waals surface area contributed by atoms with Crippen LogP contribution < -0.4 is 0 Å². The van der Waals surface area contributed by atoms with Gasteiger partial charge in [-0.1, -0.05) is 18.2 Å².